The van der Waals surface area contributed by atoms with Crippen LogP contribution in [0.4, 0.5) is 0 Å². The molecule has 4 N–H and O–H groups in total. The smallest absolute Gasteiger partial charge is 0.252 e. The summed E-state index contributed by atoms with van der Waals surface area (Å²) < 4.78 is 0. The first kappa shape index (κ1) is 13.2. The number of rotatable bonds is 2. The highest BCUT2D eigenvalue weighted by Gasteiger charge is 2.51. The van der Waals surface area contributed by atoms with Gasteiger partial charge in [0.1, 0.15) is 0 Å². The van der Waals surface area contributed by atoms with Gasteiger partial charge in [0.2, 0.25) is 0 Å². The number of fused-ring (bicyclic) bond motifs is 2. The summed E-state index contributed by atoms with van der Waals surface area (Å²) in [5.41, 5.74) is 13.3. The first-order valence-electron chi connectivity index (χ1n) is 7.27. The van der Waals surface area contributed by atoms with Crippen LogP contribution in [-0.4, -0.2) is 11.9 Å². The van der Waals surface area contributed by atoms with E-state index in [1.807, 2.05) is 6.07 Å². The zero-order valence-corrected chi connectivity index (χ0v) is 11.8. The predicted octanol–water partition coefficient (Wildman–Crippen LogP) is 1.92. The highest BCUT2D eigenvalue weighted by atomic mass is 16.1. The van der Waals surface area contributed by atoms with Gasteiger partial charge in [-0.15, -0.1) is 0 Å². The number of aryl methyl sites for hydroxylation is 1. The van der Waals surface area contributed by atoms with Gasteiger partial charge in [-0.2, -0.15) is 4.99 Å². The molecule has 0 aromatic heterocycles. The molecular formula is C16H21N3O. The van der Waals surface area contributed by atoms with Crippen LogP contribution in [0.3, 0.4) is 0 Å². The first-order chi connectivity index (χ1) is 9.58. The van der Waals surface area contributed by atoms with E-state index < -0.39 is 0 Å². The average Bonchev–Trinajstić information content (AvgIpc) is 2.98. The Morgan fingerprint density at radius 3 is 2.60 bits per heavy atom. The lowest BCUT2D eigenvalue weighted by Gasteiger charge is -2.30. The van der Waals surface area contributed by atoms with Crippen molar-refractivity contribution >= 4 is 11.9 Å². The van der Waals surface area contributed by atoms with E-state index in [9.17, 15) is 4.79 Å². The number of guanidine groups is 1. The highest BCUT2D eigenvalue weighted by molar-refractivity contribution is 5.93. The summed E-state index contributed by atoms with van der Waals surface area (Å²) in [6, 6.07) is 8.36. The van der Waals surface area contributed by atoms with Gasteiger partial charge in [-0.3, -0.25) is 4.79 Å². The summed E-state index contributed by atoms with van der Waals surface area (Å²) in [5, 5.41) is 0. The number of carbonyl (C=O) groups is 1. The Morgan fingerprint density at radius 1 is 1.20 bits per heavy atom. The number of aliphatic imine (C=N–C) groups is 1. The molecule has 4 nitrogen and oxygen atoms in total. The number of hydrogen-bond acceptors (Lipinski definition) is 1. The number of nitrogens with two attached hydrogens (primary N) is 2. The van der Waals surface area contributed by atoms with Gasteiger partial charge >= 0.3 is 0 Å². The van der Waals surface area contributed by atoms with Crippen molar-refractivity contribution in [2.24, 2.45) is 34.2 Å². The number of nitrogens with zero attached hydrogens (tertiary/aromatic N) is 1. The Hall–Kier alpha value is -1.84. The lowest BCUT2D eigenvalue weighted by atomic mass is 9.74. The van der Waals surface area contributed by atoms with E-state index in [4.69, 9.17) is 11.5 Å². The maximum atomic E-state index is 12.4. The minimum Gasteiger partial charge on any atom is -0.370 e. The molecule has 0 heterocycles. The van der Waals surface area contributed by atoms with Crippen molar-refractivity contribution in [3.63, 3.8) is 0 Å². The van der Waals surface area contributed by atoms with Crippen molar-refractivity contribution in [3.8, 4) is 0 Å². The molecule has 1 aromatic carbocycles. The lowest BCUT2D eigenvalue weighted by Crippen LogP contribution is -2.31. The van der Waals surface area contributed by atoms with Crippen molar-refractivity contribution < 1.29 is 4.79 Å². The Labute approximate surface area is 119 Å². The Bertz CT molecular complexity index is 563. The van der Waals surface area contributed by atoms with Gasteiger partial charge in [-0.1, -0.05) is 24.3 Å². The van der Waals surface area contributed by atoms with Crippen molar-refractivity contribution in [1.82, 2.24) is 0 Å². The summed E-state index contributed by atoms with van der Waals surface area (Å²) in [7, 11) is 0. The highest BCUT2D eigenvalue weighted by Crippen LogP contribution is 2.57. The lowest BCUT2D eigenvalue weighted by molar-refractivity contribution is -0.123. The average molecular weight is 271 g/mol. The second-order valence-corrected chi connectivity index (χ2v) is 6.12. The van der Waals surface area contributed by atoms with Crippen LogP contribution < -0.4 is 11.5 Å². The molecule has 0 spiro atoms. The summed E-state index contributed by atoms with van der Waals surface area (Å²) in [5.74, 6) is 1.03. The molecule has 0 saturated heterocycles. The molecule has 0 radical (unpaired) electrons. The summed E-state index contributed by atoms with van der Waals surface area (Å²) in [6.45, 7) is 2.11. The number of amides is 1. The van der Waals surface area contributed by atoms with E-state index >= 15 is 0 Å². The Kier molecular flexibility index (Phi) is 3.24. The fourth-order valence-electron chi connectivity index (χ4n) is 4.26. The van der Waals surface area contributed by atoms with Crippen LogP contribution in [0.15, 0.2) is 29.3 Å². The molecule has 2 bridgehead atoms. The fourth-order valence-corrected chi connectivity index (χ4v) is 4.26. The van der Waals surface area contributed by atoms with Gasteiger partial charge in [-0.05, 0) is 55.1 Å². The SMILES string of the molecule is Cc1ccccc1[C@@H]1C2CCC(C2)[C@H]1C(=O)N=C(N)N. The minimum absolute atomic E-state index is 0.0445. The number of hydrogen-bond donors (Lipinski definition) is 2. The van der Waals surface area contributed by atoms with Gasteiger partial charge in [0.15, 0.2) is 5.96 Å². The van der Waals surface area contributed by atoms with E-state index in [1.165, 1.54) is 17.5 Å². The van der Waals surface area contributed by atoms with Crippen LogP contribution in [0.2, 0.25) is 0 Å². The van der Waals surface area contributed by atoms with Crippen LogP contribution in [-0.2, 0) is 4.79 Å². The van der Waals surface area contributed by atoms with Gasteiger partial charge in [0, 0.05) is 0 Å². The van der Waals surface area contributed by atoms with Crippen LogP contribution in [0.25, 0.3) is 0 Å². The molecule has 106 valence electrons. The largest absolute Gasteiger partial charge is 0.370 e. The van der Waals surface area contributed by atoms with Gasteiger partial charge < -0.3 is 11.5 Å². The van der Waals surface area contributed by atoms with Crippen molar-refractivity contribution in [3.05, 3.63) is 35.4 Å². The van der Waals surface area contributed by atoms with E-state index in [0.29, 0.717) is 11.8 Å². The third-order valence-electron chi connectivity index (χ3n) is 4.99. The summed E-state index contributed by atoms with van der Waals surface area (Å²) >= 11 is 0. The Morgan fingerprint density at radius 2 is 1.90 bits per heavy atom. The molecule has 2 fully saturated rings. The third kappa shape index (κ3) is 2.09. The standard InChI is InChI=1S/C16H21N3O/c1-9-4-2-3-5-12(9)13-10-6-7-11(8-10)14(13)15(20)19-16(17)18/h2-5,10-11,13-14H,6-8H2,1H3,(H4,17,18,19,20)/t10?,11?,13-,14+/m0/s1. The van der Waals surface area contributed by atoms with Crippen LogP contribution in [0.1, 0.15) is 36.3 Å². The topological polar surface area (TPSA) is 81.5 Å². The van der Waals surface area contributed by atoms with Gasteiger partial charge in [0.25, 0.3) is 5.91 Å². The second-order valence-electron chi connectivity index (χ2n) is 6.12. The maximum absolute atomic E-state index is 12.4. The first-order valence-corrected chi connectivity index (χ1v) is 7.27. The summed E-state index contributed by atoms with van der Waals surface area (Å²) in [4.78, 5) is 16.2. The molecule has 1 amide bonds. The zero-order chi connectivity index (χ0) is 14.3. The summed E-state index contributed by atoms with van der Waals surface area (Å²) in [6.07, 6.45) is 3.48. The molecule has 4 atom stereocenters. The quantitative estimate of drug-likeness (QED) is 0.637. The molecule has 4 heteroatoms. The molecule has 1 aromatic rings. The van der Waals surface area contributed by atoms with E-state index in [2.05, 4.69) is 30.1 Å². The Balaban J connectivity index is 1.98. The molecule has 2 unspecified atom stereocenters. The van der Waals surface area contributed by atoms with E-state index in [1.54, 1.807) is 0 Å². The predicted molar refractivity (Wildman–Crippen MR) is 79.1 cm³/mol. The molecule has 20 heavy (non-hydrogen) atoms. The van der Waals surface area contributed by atoms with Crippen molar-refractivity contribution in [2.45, 2.75) is 32.1 Å². The molecule has 2 saturated carbocycles. The van der Waals surface area contributed by atoms with Crippen molar-refractivity contribution in [2.75, 3.05) is 0 Å². The number of carbonyl (C=O) groups excluding carboxylic acids is 1. The molecule has 2 aliphatic carbocycles. The van der Waals surface area contributed by atoms with Gasteiger partial charge in [-0.25, -0.2) is 0 Å². The third-order valence-corrected chi connectivity index (χ3v) is 4.99. The molecular weight excluding hydrogens is 250 g/mol. The van der Waals surface area contributed by atoms with Crippen LogP contribution in [0.5, 0.6) is 0 Å². The van der Waals surface area contributed by atoms with Crippen LogP contribution >= 0.6 is 0 Å². The normalized spacial score (nSPS) is 31.2. The minimum atomic E-state index is -0.134. The van der Waals surface area contributed by atoms with E-state index in [0.717, 1.165) is 12.8 Å². The monoisotopic (exact) mass is 271 g/mol. The van der Waals surface area contributed by atoms with Crippen LogP contribution in [0, 0.1) is 24.7 Å². The molecule has 0 aliphatic heterocycles. The van der Waals surface area contributed by atoms with Gasteiger partial charge in [0.05, 0.1) is 5.92 Å². The zero-order valence-electron chi connectivity index (χ0n) is 11.8. The maximum Gasteiger partial charge on any atom is 0.252 e. The molecule has 3 rings (SSSR count). The van der Waals surface area contributed by atoms with Crippen molar-refractivity contribution in [1.29, 1.82) is 0 Å². The molecule has 2 aliphatic rings. The fraction of sp³-hybridized carbons (Fsp3) is 0.500. The number of benzene rings is 1. The second kappa shape index (κ2) is 4.93. The van der Waals surface area contributed by atoms with E-state index in [-0.39, 0.29) is 23.7 Å².